The zero-order valence-electron chi connectivity index (χ0n) is 13.4. The molecule has 0 bridgehead atoms. The molecule has 112 valence electrons. The quantitative estimate of drug-likeness (QED) is 0.766. The fraction of sp³-hybridized carbons (Fsp3) is 0.933. The topological polar surface area (TPSA) is 26.8 Å². The summed E-state index contributed by atoms with van der Waals surface area (Å²) < 4.78 is 0. The van der Waals surface area contributed by atoms with Crippen LogP contribution in [0.1, 0.15) is 33.6 Å². The zero-order valence-corrected chi connectivity index (χ0v) is 13.4. The Labute approximate surface area is 118 Å². The van der Waals surface area contributed by atoms with Gasteiger partial charge in [0.25, 0.3) is 0 Å². The van der Waals surface area contributed by atoms with Gasteiger partial charge in [-0.3, -0.25) is 0 Å². The highest BCUT2D eigenvalue weighted by molar-refractivity contribution is 5.74. The average molecular weight is 269 g/mol. The molecule has 0 aromatic rings. The van der Waals surface area contributed by atoms with E-state index >= 15 is 0 Å². The summed E-state index contributed by atoms with van der Waals surface area (Å²) in [5.41, 5.74) is 0. The number of rotatable bonds is 5. The van der Waals surface area contributed by atoms with Gasteiger partial charge in [0.05, 0.1) is 0 Å². The largest absolute Gasteiger partial charge is 0.325 e. The molecule has 0 N–H and O–H groups in total. The Balaban J connectivity index is 2.54. The molecule has 1 heterocycles. The summed E-state index contributed by atoms with van der Waals surface area (Å²) >= 11 is 0. The first-order chi connectivity index (χ1) is 8.90. The third kappa shape index (κ3) is 5.81. The van der Waals surface area contributed by atoms with E-state index in [-0.39, 0.29) is 6.03 Å². The van der Waals surface area contributed by atoms with Gasteiger partial charge in [-0.1, -0.05) is 20.8 Å². The molecule has 4 heteroatoms. The number of piperidine rings is 1. The lowest BCUT2D eigenvalue weighted by molar-refractivity contribution is 0.126. The number of likely N-dealkylation sites (tertiary alicyclic amines) is 1. The lowest BCUT2D eigenvalue weighted by Gasteiger charge is -2.36. The standard InChI is InChI=1S/C15H31N3O/c1-13(2)12-18(11-10-16(4)5)15(19)17-8-6-14(3)7-9-17/h13-14H,6-12H2,1-5H3. The van der Waals surface area contributed by atoms with Crippen LogP contribution < -0.4 is 0 Å². The second-order valence-corrected chi connectivity index (χ2v) is 6.60. The van der Waals surface area contributed by atoms with Crippen molar-refractivity contribution < 1.29 is 4.79 Å². The van der Waals surface area contributed by atoms with E-state index in [1.165, 1.54) is 0 Å². The maximum Gasteiger partial charge on any atom is 0.320 e. The van der Waals surface area contributed by atoms with Crippen LogP contribution in [0.2, 0.25) is 0 Å². The van der Waals surface area contributed by atoms with Gasteiger partial charge >= 0.3 is 6.03 Å². The molecule has 0 spiro atoms. The van der Waals surface area contributed by atoms with Crippen molar-refractivity contribution in [2.45, 2.75) is 33.6 Å². The van der Waals surface area contributed by atoms with Crippen LogP contribution in [-0.2, 0) is 0 Å². The molecule has 0 saturated carbocycles. The van der Waals surface area contributed by atoms with Gasteiger partial charge in [0.15, 0.2) is 0 Å². The molecule has 1 fully saturated rings. The Bertz CT molecular complexity index is 271. The lowest BCUT2D eigenvalue weighted by Crippen LogP contribution is -2.49. The van der Waals surface area contributed by atoms with E-state index < -0.39 is 0 Å². The number of urea groups is 1. The lowest BCUT2D eigenvalue weighted by atomic mass is 9.99. The van der Waals surface area contributed by atoms with Crippen molar-refractivity contribution in [2.24, 2.45) is 11.8 Å². The van der Waals surface area contributed by atoms with Crippen LogP contribution in [0.5, 0.6) is 0 Å². The molecule has 0 radical (unpaired) electrons. The number of amides is 2. The Kier molecular flexibility index (Phi) is 6.63. The van der Waals surface area contributed by atoms with E-state index in [4.69, 9.17) is 0 Å². The number of hydrogen-bond acceptors (Lipinski definition) is 2. The summed E-state index contributed by atoms with van der Waals surface area (Å²) in [5, 5.41) is 0. The van der Waals surface area contributed by atoms with Crippen LogP contribution in [0.15, 0.2) is 0 Å². The van der Waals surface area contributed by atoms with Gasteiger partial charge in [-0.2, -0.15) is 0 Å². The molecule has 0 atom stereocenters. The third-order valence-electron chi connectivity index (χ3n) is 3.73. The minimum absolute atomic E-state index is 0.238. The van der Waals surface area contributed by atoms with Crippen molar-refractivity contribution in [3.05, 3.63) is 0 Å². The molecular formula is C15H31N3O. The minimum atomic E-state index is 0.238. The van der Waals surface area contributed by atoms with Crippen LogP contribution in [0.4, 0.5) is 4.79 Å². The average Bonchev–Trinajstić information content (AvgIpc) is 2.34. The number of nitrogens with zero attached hydrogens (tertiary/aromatic N) is 3. The van der Waals surface area contributed by atoms with Gasteiger partial charge in [0.2, 0.25) is 0 Å². The van der Waals surface area contributed by atoms with Gasteiger partial charge in [-0.05, 0) is 38.8 Å². The molecule has 0 unspecified atom stereocenters. The Morgan fingerprint density at radius 3 is 2.26 bits per heavy atom. The fourth-order valence-corrected chi connectivity index (χ4v) is 2.43. The molecular weight excluding hydrogens is 238 g/mol. The zero-order chi connectivity index (χ0) is 14.4. The Hall–Kier alpha value is -0.770. The number of carbonyl (C=O) groups is 1. The van der Waals surface area contributed by atoms with E-state index in [0.29, 0.717) is 5.92 Å². The highest BCUT2D eigenvalue weighted by Gasteiger charge is 2.25. The SMILES string of the molecule is CC(C)CN(CCN(C)C)C(=O)N1CCC(C)CC1. The van der Waals surface area contributed by atoms with E-state index in [2.05, 4.69) is 39.8 Å². The molecule has 4 nitrogen and oxygen atoms in total. The molecule has 19 heavy (non-hydrogen) atoms. The van der Waals surface area contributed by atoms with Crippen LogP contribution in [0.3, 0.4) is 0 Å². The highest BCUT2D eigenvalue weighted by atomic mass is 16.2. The maximum absolute atomic E-state index is 12.6. The van der Waals surface area contributed by atoms with E-state index in [9.17, 15) is 4.79 Å². The normalized spacial score (nSPS) is 17.3. The van der Waals surface area contributed by atoms with Gasteiger partial charge in [0.1, 0.15) is 0 Å². The first-order valence-corrected chi connectivity index (χ1v) is 7.58. The van der Waals surface area contributed by atoms with E-state index in [0.717, 1.165) is 51.5 Å². The first-order valence-electron chi connectivity index (χ1n) is 7.58. The van der Waals surface area contributed by atoms with Gasteiger partial charge in [0, 0.05) is 32.7 Å². The second kappa shape index (κ2) is 7.73. The molecule has 0 aromatic carbocycles. The van der Waals surface area contributed by atoms with Gasteiger partial charge in [-0.25, -0.2) is 4.79 Å². The predicted molar refractivity (Wildman–Crippen MR) is 80.3 cm³/mol. The van der Waals surface area contributed by atoms with Crippen molar-refractivity contribution in [1.82, 2.24) is 14.7 Å². The van der Waals surface area contributed by atoms with Gasteiger partial charge < -0.3 is 14.7 Å². The second-order valence-electron chi connectivity index (χ2n) is 6.60. The van der Waals surface area contributed by atoms with Crippen molar-refractivity contribution in [3.63, 3.8) is 0 Å². The van der Waals surface area contributed by atoms with Crippen molar-refractivity contribution >= 4 is 6.03 Å². The molecule has 0 aromatic heterocycles. The van der Waals surface area contributed by atoms with Gasteiger partial charge in [-0.15, -0.1) is 0 Å². The summed E-state index contributed by atoms with van der Waals surface area (Å²) in [4.78, 5) is 18.8. The Morgan fingerprint density at radius 1 is 1.21 bits per heavy atom. The van der Waals surface area contributed by atoms with E-state index in [1.807, 2.05) is 9.80 Å². The summed E-state index contributed by atoms with van der Waals surface area (Å²) in [6.07, 6.45) is 2.30. The monoisotopic (exact) mass is 269 g/mol. The number of carbonyl (C=O) groups excluding carboxylic acids is 1. The third-order valence-corrected chi connectivity index (χ3v) is 3.73. The molecule has 1 aliphatic rings. The summed E-state index contributed by atoms with van der Waals surface area (Å²) in [5.74, 6) is 1.29. The number of hydrogen-bond donors (Lipinski definition) is 0. The smallest absolute Gasteiger partial charge is 0.320 e. The van der Waals surface area contributed by atoms with Crippen molar-refractivity contribution in [3.8, 4) is 0 Å². The molecule has 2 amide bonds. The Morgan fingerprint density at radius 2 is 1.79 bits per heavy atom. The summed E-state index contributed by atoms with van der Waals surface area (Å²) in [6, 6.07) is 0.238. The summed E-state index contributed by atoms with van der Waals surface area (Å²) in [6.45, 7) is 11.1. The fourth-order valence-electron chi connectivity index (χ4n) is 2.43. The minimum Gasteiger partial charge on any atom is -0.325 e. The predicted octanol–water partition coefficient (Wildman–Crippen LogP) is 2.36. The highest BCUT2D eigenvalue weighted by Crippen LogP contribution is 2.17. The molecule has 0 aliphatic carbocycles. The van der Waals surface area contributed by atoms with Crippen molar-refractivity contribution in [1.29, 1.82) is 0 Å². The number of likely N-dealkylation sites (N-methyl/N-ethyl adjacent to an activating group) is 1. The van der Waals surface area contributed by atoms with Crippen LogP contribution in [0.25, 0.3) is 0 Å². The first kappa shape index (κ1) is 16.3. The molecule has 1 rings (SSSR count). The summed E-state index contributed by atoms with van der Waals surface area (Å²) in [7, 11) is 4.11. The van der Waals surface area contributed by atoms with Crippen molar-refractivity contribution in [2.75, 3.05) is 46.8 Å². The molecule has 1 saturated heterocycles. The maximum atomic E-state index is 12.6. The van der Waals surface area contributed by atoms with Crippen LogP contribution in [-0.4, -0.2) is 67.5 Å². The van der Waals surface area contributed by atoms with Crippen LogP contribution >= 0.6 is 0 Å². The van der Waals surface area contributed by atoms with Crippen LogP contribution in [0, 0.1) is 11.8 Å². The van der Waals surface area contributed by atoms with E-state index in [1.54, 1.807) is 0 Å². The molecule has 1 aliphatic heterocycles.